The van der Waals surface area contributed by atoms with E-state index in [-0.39, 0.29) is 18.9 Å². The van der Waals surface area contributed by atoms with E-state index in [0.29, 0.717) is 0 Å². The highest BCUT2D eigenvalue weighted by atomic mass is 16.4. The molecule has 0 fully saturated rings. The van der Waals surface area contributed by atoms with Gasteiger partial charge in [0.25, 0.3) is 0 Å². The van der Waals surface area contributed by atoms with Crippen LogP contribution in [0, 0.1) is 5.92 Å². The summed E-state index contributed by atoms with van der Waals surface area (Å²) >= 11 is 0. The Morgan fingerprint density at radius 1 is 1.46 bits per heavy atom. The molecule has 0 bridgehead atoms. The summed E-state index contributed by atoms with van der Waals surface area (Å²) in [4.78, 5) is 21.9. The Hall–Kier alpha value is -0.940. The number of ketones is 1. The zero-order valence-corrected chi connectivity index (χ0v) is 7.91. The summed E-state index contributed by atoms with van der Waals surface area (Å²) < 4.78 is 0. The van der Waals surface area contributed by atoms with E-state index in [9.17, 15) is 9.59 Å². The van der Waals surface area contributed by atoms with E-state index in [0.717, 1.165) is 0 Å². The third-order valence-corrected chi connectivity index (χ3v) is 1.79. The number of nitrogens with two attached hydrogens (primary N) is 2. The van der Waals surface area contributed by atoms with Gasteiger partial charge in [0.2, 0.25) is 0 Å². The van der Waals surface area contributed by atoms with E-state index in [1.165, 1.54) is 0 Å². The highest BCUT2D eigenvalue weighted by molar-refractivity contribution is 6.08. The maximum atomic E-state index is 11.2. The van der Waals surface area contributed by atoms with Crippen LogP contribution in [0.2, 0.25) is 0 Å². The largest absolute Gasteiger partial charge is 0.480 e. The van der Waals surface area contributed by atoms with Crippen LogP contribution in [0.5, 0.6) is 0 Å². The van der Waals surface area contributed by atoms with Gasteiger partial charge in [-0.2, -0.15) is 0 Å². The fraction of sp³-hybridized carbons (Fsp3) is 0.750. The lowest BCUT2D eigenvalue weighted by molar-refractivity contribution is -0.148. The number of hydrogen-bond acceptors (Lipinski definition) is 4. The van der Waals surface area contributed by atoms with Gasteiger partial charge >= 0.3 is 5.97 Å². The fourth-order valence-corrected chi connectivity index (χ4v) is 1.15. The molecule has 0 aromatic carbocycles. The minimum atomic E-state index is -1.82. The van der Waals surface area contributed by atoms with Gasteiger partial charge in [0.05, 0.1) is 6.54 Å². The van der Waals surface area contributed by atoms with Gasteiger partial charge in [0.15, 0.2) is 11.3 Å². The van der Waals surface area contributed by atoms with Crippen LogP contribution >= 0.6 is 0 Å². The first-order valence-electron chi connectivity index (χ1n) is 4.10. The van der Waals surface area contributed by atoms with E-state index >= 15 is 0 Å². The lowest BCUT2D eigenvalue weighted by atomic mass is 9.86. The van der Waals surface area contributed by atoms with Crippen molar-refractivity contribution < 1.29 is 14.7 Å². The lowest BCUT2D eigenvalue weighted by Gasteiger charge is -2.24. The fourth-order valence-electron chi connectivity index (χ4n) is 1.15. The Kier molecular flexibility index (Phi) is 4.03. The molecule has 0 rings (SSSR count). The predicted molar refractivity (Wildman–Crippen MR) is 48.1 cm³/mol. The average Bonchev–Trinajstić information content (AvgIpc) is 2.01. The number of carboxylic acids is 1. The zero-order chi connectivity index (χ0) is 10.6. The van der Waals surface area contributed by atoms with Crippen molar-refractivity contribution in [3.63, 3.8) is 0 Å². The molecule has 0 heterocycles. The molecule has 76 valence electrons. The second-order valence-electron chi connectivity index (χ2n) is 3.50. The Balaban J connectivity index is 4.73. The first-order valence-corrected chi connectivity index (χ1v) is 4.10. The van der Waals surface area contributed by atoms with Crippen LogP contribution in [0.3, 0.4) is 0 Å². The molecular formula is C8H16N2O3. The molecule has 5 heteroatoms. The molecule has 0 saturated heterocycles. The normalized spacial score (nSPS) is 15.5. The van der Waals surface area contributed by atoms with Crippen LogP contribution in [0.25, 0.3) is 0 Å². The van der Waals surface area contributed by atoms with Crippen LogP contribution in [0.1, 0.15) is 20.3 Å². The molecule has 0 aliphatic carbocycles. The van der Waals surface area contributed by atoms with Gasteiger partial charge in [-0.25, -0.2) is 4.79 Å². The number of Topliss-reactive ketones (excluding diaryl/α,β-unsaturated/α-hetero) is 1. The van der Waals surface area contributed by atoms with Crippen molar-refractivity contribution in [3.05, 3.63) is 0 Å². The van der Waals surface area contributed by atoms with E-state index < -0.39 is 17.3 Å². The number of carbonyl (C=O) groups excluding carboxylic acids is 1. The number of hydrogen-bond donors (Lipinski definition) is 3. The summed E-state index contributed by atoms with van der Waals surface area (Å²) in [5.41, 5.74) is 8.73. The third-order valence-electron chi connectivity index (χ3n) is 1.79. The molecule has 0 unspecified atom stereocenters. The Labute approximate surface area is 77.1 Å². The quantitative estimate of drug-likeness (QED) is 0.497. The van der Waals surface area contributed by atoms with Gasteiger partial charge in [0, 0.05) is 0 Å². The summed E-state index contributed by atoms with van der Waals surface area (Å²) in [6.45, 7) is 3.26. The second kappa shape index (κ2) is 4.34. The van der Waals surface area contributed by atoms with Gasteiger partial charge in [-0.3, -0.25) is 4.79 Å². The molecular weight excluding hydrogens is 172 g/mol. The molecule has 0 aliphatic heterocycles. The molecule has 0 aromatic rings. The van der Waals surface area contributed by atoms with Gasteiger partial charge < -0.3 is 16.6 Å². The van der Waals surface area contributed by atoms with Crippen LogP contribution in [0.15, 0.2) is 0 Å². The maximum Gasteiger partial charge on any atom is 0.331 e. The van der Waals surface area contributed by atoms with Crippen molar-refractivity contribution >= 4 is 11.8 Å². The van der Waals surface area contributed by atoms with Gasteiger partial charge in [-0.15, -0.1) is 0 Å². The summed E-state index contributed by atoms with van der Waals surface area (Å²) in [6, 6.07) is 0. The van der Waals surface area contributed by atoms with E-state index in [1.54, 1.807) is 13.8 Å². The Morgan fingerprint density at radius 2 is 1.92 bits per heavy atom. The monoisotopic (exact) mass is 188 g/mol. The molecule has 1 atom stereocenters. The van der Waals surface area contributed by atoms with Crippen LogP contribution in [0.4, 0.5) is 0 Å². The molecule has 0 aliphatic rings. The molecule has 5 nitrogen and oxygen atoms in total. The van der Waals surface area contributed by atoms with Crippen LogP contribution in [-0.2, 0) is 9.59 Å². The second-order valence-corrected chi connectivity index (χ2v) is 3.50. The number of carboxylic acid groups (broad SMARTS) is 1. The minimum absolute atomic E-state index is 0.0385. The standard InChI is InChI=1S/C8H16N2O3/c1-5(2)3-8(10,7(12)13)6(11)4-9/h5H,3-4,9-10H2,1-2H3,(H,12,13)/t8-/m1/s1. The highest BCUT2D eigenvalue weighted by Gasteiger charge is 2.41. The van der Waals surface area contributed by atoms with E-state index in [1.807, 2.05) is 0 Å². The van der Waals surface area contributed by atoms with Crippen molar-refractivity contribution in [3.8, 4) is 0 Å². The van der Waals surface area contributed by atoms with Gasteiger partial charge in [-0.05, 0) is 12.3 Å². The number of carbonyl (C=O) groups is 2. The predicted octanol–water partition coefficient (Wildman–Crippen LogP) is -0.658. The first-order chi connectivity index (χ1) is 5.84. The smallest absolute Gasteiger partial charge is 0.331 e. The first kappa shape index (κ1) is 12.1. The zero-order valence-electron chi connectivity index (χ0n) is 7.91. The molecule has 5 N–H and O–H groups in total. The molecule has 0 amide bonds. The number of aliphatic carboxylic acids is 1. The number of rotatable bonds is 5. The van der Waals surface area contributed by atoms with Crippen molar-refractivity contribution in [1.82, 2.24) is 0 Å². The van der Waals surface area contributed by atoms with E-state index in [4.69, 9.17) is 16.6 Å². The van der Waals surface area contributed by atoms with Gasteiger partial charge in [0.1, 0.15) is 0 Å². The third kappa shape index (κ3) is 2.78. The summed E-state index contributed by atoms with van der Waals surface area (Å²) in [5.74, 6) is -1.90. The highest BCUT2D eigenvalue weighted by Crippen LogP contribution is 2.15. The Bertz CT molecular complexity index is 215. The molecule has 0 radical (unpaired) electrons. The summed E-state index contributed by atoms with van der Waals surface area (Å²) in [6.07, 6.45) is 0.109. The molecule has 0 spiro atoms. The maximum absolute atomic E-state index is 11.2. The van der Waals surface area contributed by atoms with E-state index in [2.05, 4.69) is 0 Å². The Morgan fingerprint density at radius 3 is 2.15 bits per heavy atom. The van der Waals surface area contributed by atoms with Crippen molar-refractivity contribution in [2.45, 2.75) is 25.8 Å². The van der Waals surface area contributed by atoms with Crippen molar-refractivity contribution in [1.29, 1.82) is 0 Å². The van der Waals surface area contributed by atoms with Crippen molar-refractivity contribution in [2.75, 3.05) is 6.54 Å². The summed E-state index contributed by atoms with van der Waals surface area (Å²) in [7, 11) is 0. The molecule has 0 aromatic heterocycles. The van der Waals surface area contributed by atoms with Crippen molar-refractivity contribution in [2.24, 2.45) is 17.4 Å². The SMILES string of the molecule is CC(C)C[C@](N)(C(=O)O)C(=O)CN. The lowest BCUT2D eigenvalue weighted by Crippen LogP contribution is -2.57. The van der Waals surface area contributed by atoms with Gasteiger partial charge in [-0.1, -0.05) is 13.8 Å². The molecule has 13 heavy (non-hydrogen) atoms. The van der Waals surface area contributed by atoms with Crippen LogP contribution in [-0.4, -0.2) is 28.9 Å². The average molecular weight is 188 g/mol. The molecule has 0 saturated carbocycles. The van der Waals surface area contributed by atoms with Crippen LogP contribution < -0.4 is 11.5 Å². The minimum Gasteiger partial charge on any atom is -0.480 e. The topological polar surface area (TPSA) is 106 Å². The summed E-state index contributed by atoms with van der Waals surface area (Å²) in [5, 5.41) is 8.78.